The van der Waals surface area contributed by atoms with Crippen molar-refractivity contribution in [2.45, 2.75) is 19.3 Å². The van der Waals surface area contributed by atoms with Crippen LogP contribution in [0, 0.1) is 0 Å². The Hall–Kier alpha value is -1.82. The molecule has 0 heteroatoms. The van der Waals surface area contributed by atoms with Crippen molar-refractivity contribution < 1.29 is 0 Å². The molecule has 0 nitrogen and oxygen atoms in total. The predicted molar refractivity (Wildman–Crippen MR) is 73.8 cm³/mol. The van der Waals surface area contributed by atoms with E-state index in [4.69, 9.17) is 0 Å². The molecule has 2 aliphatic carbocycles. The summed E-state index contributed by atoms with van der Waals surface area (Å²) in [6.45, 7) is 6.15. The first-order valence-corrected chi connectivity index (χ1v) is 6.09. The van der Waals surface area contributed by atoms with Gasteiger partial charge in [0.1, 0.15) is 0 Å². The molecule has 0 amide bonds. The summed E-state index contributed by atoms with van der Waals surface area (Å²) in [6.07, 6.45) is 10.0. The Kier molecular flexibility index (Phi) is 2.36. The summed E-state index contributed by atoms with van der Waals surface area (Å²) in [5, 5.41) is 0. The van der Waals surface area contributed by atoms with Crippen LogP contribution in [0.1, 0.15) is 30.4 Å². The van der Waals surface area contributed by atoms with E-state index in [2.05, 4.69) is 62.1 Å². The highest BCUT2D eigenvalue weighted by Crippen LogP contribution is 2.41. The van der Waals surface area contributed by atoms with Crippen molar-refractivity contribution in [2.75, 3.05) is 0 Å². The molecule has 1 aromatic rings. The molecule has 0 aromatic heterocycles. The van der Waals surface area contributed by atoms with Crippen LogP contribution in [-0.2, 0) is 0 Å². The minimum absolute atomic E-state index is 0.521. The Bertz CT molecular complexity index is 567. The van der Waals surface area contributed by atoms with Crippen molar-refractivity contribution in [1.82, 2.24) is 0 Å². The fourth-order valence-corrected chi connectivity index (χ4v) is 2.66. The zero-order valence-electron chi connectivity index (χ0n) is 10.1. The minimum Gasteiger partial charge on any atom is -0.0958 e. The Morgan fingerprint density at radius 2 is 2.00 bits per heavy atom. The van der Waals surface area contributed by atoms with Gasteiger partial charge >= 0.3 is 0 Å². The van der Waals surface area contributed by atoms with Gasteiger partial charge in [0, 0.05) is 5.92 Å². The molecular weight excluding hydrogens is 204 g/mol. The van der Waals surface area contributed by atoms with Crippen LogP contribution >= 0.6 is 0 Å². The number of benzene rings is 1. The summed E-state index contributed by atoms with van der Waals surface area (Å²) in [6, 6.07) is 8.69. The van der Waals surface area contributed by atoms with Crippen LogP contribution in [0.2, 0.25) is 0 Å². The molecule has 2 aliphatic rings. The largest absolute Gasteiger partial charge is 0.0958 e. The molecule has 0 saturated heterocycles. The van der Waals surface area contributed by atoms with Crippen molar-refractivity contribution >= 4 is 6.08 Å². The topological polar surface area (TPSA) is 0 Å². The molecule has 0 bridgehead atoms. The second kappa shape index (κ2) is 3.89. The first-order valence-electron chi connectivity index (χ1n) is 6.09. The van der Waals surface area contributed by atoms with Gasteiger partial charge in [-0.25, -0.2) is 0 Å². The molecule has 84 valence electrons. The van der Waals surface area contributed by atoms with E-state index < -0.39 is 0 Å². The molecule has 0 heterocycles. The fourth-order valence-electron chi connectivity index (χ4n) is 2.66. The third kappa shape index (κ3) is 1.70. The standard InChI is InChI=1S/C17H16/c1-12(2)15-10-9-14-8-7-13-5-3-4-6-16(13)17(14)11-15/h3-10,17H,1,11H2,2H3/t17-/m1/s1. The van der Waals surface area contributed by atoms with E-state index in [0.29, 0.717) is 5.92 Å². The van der Waals surface area contributed by atoms with Gasteiger partial charge in [0.2, 0.25) is 0 Å². The van der Waals surface area contributed by atoms with Crippen molar-refractivity contribution in [3.05, 3.63) is 76.9 Å². The van der Waals surface area contributed by atoms with Crippen molar-refractivity contribution in [2.24, 2.45) is 0 Å². The molecule has 1 aromatic carbocycles. The Morgan fingerprint density at radius 1 is 1.18 bits per heavy atom. The van der Waals surface area contributed by atoms with Gasteiger partial charge in [0.05, 0.1) is 0 Å². The highest BCUT2D eigenvalue weighted by molar-refractivity contribution is 5.66. The number of rotatable bonds is 1. The molecule has 0 radical (unpaired) electrons. The zero-order chi connectivity index (χ0) is 11.8. The predicted octanol–water partition coefficient (Wildman–Crippen LogP) is 4.63. The van der Waals surface area contributed by atoms with E-state index in [0.717, 1.165) is 6.42 Å². The van der Waals surface area contributed by atoms with Crippen LogP contribution in [-0.4, -0.2) is 0 Å². The van der Waals surface area contributed by atoms with Crippen LogP contribution in [0.5, 0.6) is 0 Å². The van der Waals surface area contributed by atoms with Gasteiger partial charge in [-0.05, 0) is 35.6 Å². The monoisotopic (exact) mass is 220 g/mol. The Balaban J connectivity index is 2.08. The number of hydrogen-bond acceptors (Lipinski definition) is 0. The molecule has 3 rings (SSSR count). The molecular formula is C17H16. The van der Waals surface area contributed by atoms with E-state index in [1.54, 1.807) is 0 Å². The lowest BCUT2D eigenvalue weighted by Crippen LogP contribution is -2.11. The number of fused-ring (bicyclic) bond motifs is 3. The van der Waals surface area contributed by atoms with Crippen LogP contribution in [0.15, 0.2) is 65.8 Å². The van der Waals surface area contributed by atoms with Gasteiger partial charge in [-0.2, -0.15) is 0 Å². The maximum atomic E-state index is 4.06. The molecule has 0 fully saturated rings. The molecule has 0 spiro atoms. The lowest BCUT2D eigenvalue weighted by Gasteiger charge is -2.28. The smallest absolute Gasteiger partial charge is 0.0136 e. The van der Waals surface area contributed by atoms with Crippen molar-refractivity contribution in [1.29, 1.82) is 0 Å². The maximum Gasteiger partial charge on any atom is 0.0136 e. The van der Waals surface area contributed by atoms with Crippen LogP contribution in [0.4, 0.5) is 0 Å². The van der Waals surface area contributed by atoms with Crippen LogP contribution in [0.25, 0.3) is 6.08 Å². The van der Waals surface area contributed by atoms with Crippen molar-refractivity contribution in [3.8, 4) is 0 Å². The minimum atomic E-state index is 0.521. The third-order valence-electron chi connectivity index (χ3n) is 3.68. The highest BCUT2D eigenvalue weighted by atomic mass is 14.3. The molecule has 1 atom stereocenters. The van der Waals surface area contributed by atoms with E-state index in [-0.39, 0.29) is 0 Å². The first-order chi connectivity index (χ1) is 8.25. The molecule has 17 heavy (non-hydrogen) atoms. The average molecular weight is 220 g/mol. The quantitative estimate of drug-likeness (QED) is 0.647. The average Bonchev–Trinajstić information content (AvgIpc) is 2.38. The van der Waals surface area contributed by atoms with E-state index in [1.165, 1.54) is 27.8 Å². The summed E-state index contributed by atoms with van der Waals surface area (Å²) in [5.41, 5.74) is 6.80. The second-order valence-corrected chi connectivity index (χ2v) is 4.86. The Labute approximate surface area is 103 Å². The van der Waals surface area contributed by atoms with Gasteiger partial charge < -0.3 is 0 Å². The fraction of sp³-hybridized carbons (Fsp3) is 0.176. The number of hydrogen-bond donors (Lipinski definition) is 0. The lowest BCUT2D eigenvalue weighted by atomic mass is 9.76. The molecule has 0 aliphatic heterocycles. The molecule has 0 unspecified atom stereocenters. The summed E-state index contributed by atoms with van der Waals surface area (Å²) in [5.74, 6) is 0.521. The molecule has 0 N–H and O–H groups in total. The van der Waals surface area contributed by atoms with E-state index in [9.17, 15) is 0 Å². The summed E-state index contributed by atoms with van der Waals surface area (Å²) in [7, 11) is 0. The summed E-state index contributed by atoms with van der Waals surface area (Å²) in [4.78, 5) is 0. The zero-order valence-corrected chi connectivity index (χ0v) is 10.1. The van der Waals surface area contributed by atoms with Gasteiger partial charge in [0.25, 0.3) is 0 Å². The van der Waals surface area contributed by atoms with Gasteiger partial charge in [-0.1, -0.05) is 60.7 Å². The SMILES string of the molecule is C=C(C)C1=CC=C2C=Cc3ccccc3[C@@H]2C1. The lowest BCUT2D eigenvalue weighted by molar-refractivity contribution is 0.781. The summed E-state index contributed by atoms with van der Waals surface area (Å²) < 4.78 is 0. The van der Waals surface area contributed by atoms with Gasteiger partial charge in [-0.15, -0.1) is 0 Å². The second-order valence-electron chi connectivity index (χ2n) is 4.86. The van der Waals surface area contributed by atoms with E-state index >= 15 is 0 Å². The first kappa shape index (κ1) is 10.3. The number of allylic oxidation sites excluding steroid dienone is 6. The van der Waals surface area contributed by atoms with Crippen LogP contribution < -0.4 is 0 Å². The van der Waals surface area contributed by atoms with Gasteiger partial charge in [-0.3, -0.25) is 0 Å². The normalized spacial score (nSPS) is 21.1. The molecule has 0 saturated carbocycles. The summed E-state index contributed by atoms with van der Waals surface area (Å²) >= 11 is 0. The van der Waals surface area contributed by atoms with Crippen molar-refractivity contribution in [3.63, 3.8) is 0 Å². The van der Waals surface area contributed by atoms with Gasteiger partial charge in [0.15, 0.2) is 0 Å². The van der Waals surface area contributed by atoms with Crippen LogP contribution in [0.3, 0.4) is 0 Å². The van der Waals surface area contributed by atoms with E-state index in [1.807, 2.05) is 0 Å². The maximum absolute atomic E-state index is 4.06. The third-order valence-corrected chi connectivity index (χ3v) is 3.68. The highest BCUT2D eigenvalue weighted by Gasteiger charge is 2.23. The Morgan fingerprint density at radius 3 is 2.82 bits per heavy atom.